The molecule has 0 amide bonds. The van der Waals surface area contributed by atoms with Crippen LogP contribution in [0.1, 0.15) is 34.1 Å². The van der Waals surface area contributed by atoms with Gasteiger partial charge in [0.15, 0.2) is 0 Å². The molecular weight excluding hydrogens is 136 g/mol. The third-order valence-electron chi connectivity index (χ3n) is 2.32. The van der Waals surface area contributed by atoms with E-state index in [4.69, 9.17) is 0 Å². The van der Waals surface area contributed by atoms with Crippen molar-refractivity contribution in [1.82, 2.24) is 10.0 Å². The van der Waals surface area contributed by atoms with Crippen molar-refractivity contribution in [2.45, 2.75) is 40.2 Å². The maximum atomic E-state index is 2.40. The van der Waals surface area contributed by atoms with Gasteiger partial charge in [0.25, 0.3) is 0 Å². The highest BCUT2D eigenvalue weighted by atomic mass is 15.6. The number of hydrogen-bond donors (Lipinski definition) is 0. The fraction of sp³-hybridized carbons (Fsp3) is 1.00. The van der Waals surface area contributed by atoms with Crippen molar-refractivity contribution in [3.63, 3.8) is 0 Å². The monoisotopic (exact) mass is 158 g/mol. The molecular formula is C9H22N2. The number of nitrogens with zero attached hydrogens (tertiary/aromatic N) is 2. The van der Waals surface area contributed by atoms with E-state index in [1.165, 1.54) is 6.42 Å². The molecule has 0 fully saturated rings. The molecule has 0 aliphatic heterocycles. The quantitative estimate of drug-likeness (QED) is 0.564. The molecule has 0 saturated carbocycles. The van der Waals surface area contributed by atoms with Gasteiger partial charge in [-0.15, -0.1) is 0 Å². The van der Waals surface area contributed by atoms with Crippen LogP contribution in [0.5, 0.6) is 0 Å². The minimum atomic E-state index is 0.671. The van der Waals surface area contributed by atoms with Crippen LogP contribution in [0, 0.1) is 0 Å². The van der Waals surface area contributed by atoms with Gasteiger partial charge in [-0.1, -0.05) is 20.8 Å². The van der Waals surface area contributed by atoms with E-state index >= 15 is 0 Å². The Morgan fingerprint density at radius 3 is 1.91 bits per heavy atom. The van der Waals surface area contributed by atoms with Gasteiger partial charge in [-0.2, -0.15) is 0 Å². The minimum Gasteiger partial charge on any atom is -0.245 e. The molecule has 2 nitrogen and oxygen atoms in total. The highest BCUT2D eigenvalue weighted by Crippen LogP contribution is 2.04. The zero-order valence-corrected chi connectivity index (χ0v) is 8.59. The second-order valence-corrected chi connectivity index (χ2v) is 2.99. The molecule has 0 radical (unpaired) electrons. The SMILES string of the molecule is CCC(C)N(CC)N(C)CC. The van der Waals surface area contributed by atoms with E-state index in [1.54, 1.807) is 0 Å². The lowest BCUT2D eigenvalue weighted by atomic mass is 10.2. The molecule has 1 unspecified atom stereocenters. The average Bonchev–Trinajstić information content (AvgIpc) is 2.05. The predicted octanol–water partition coefficient (Wildman–Crippen LogP) is 1.97. The molecule has 2 heteroatoms. The van der Waals surface area contributed by atoms with E-state index in [-0.39, 0.29) is 0 Å². The number of hydrogen-bond acceptors (Lipinski definition) is 2. The largest absolute Gasteiger partial charge is 0.245 e. The van der Waals surface area contributed by atoms with Crippen LogP contribution in [-0.4, -0.2) is 36.2 Å². The first kappa shape index (κ1) is 10.9. The molecule has 0 rings (SSSR count). The van der Waals surface area contributed by atoms with Crippen LogP contribution < -0.4 is 0 Å². The lowest BCUT2D eigenvalue weighted by molar-refractivity contribution is -0.0263. The molecule has 11 heavy (non-hydrogen) atoms. The van der Waals surface area contributed by atoms with Crippen LogP contribution in [0.15, 0.2) is 0 Å². The molecule has 0 aliphatic rings. The van der Waals surface area contributed by atoms with Gasteiger partial charge in [0.2, 0.25) is 0 Å². The van der Waals surface area contributed by atoms with E-state index in [0.29, 0.717) is 6.04 Å². The topological polar surface area (TPSA) is 6.48 Å². The third kappa shape index (κ3) is 3.21. The lowest BCUT2D eigenvalue weighted by Crippen LogP contribution is -2.44. The molecule has 0 bridgehead atoms. The van der Waals surface area contributed by atoms with E-state index in [2.05, 4.69) is 44.8 Å². The van der Waals surface area contributed by atoms with Crippen molar-refractivity contribution in [1.29, 1.82) is 0 Å². The van der Waals surface area contributed by atoms with Gasteiger partial charge in [-0.3, -0.25) is 0 Å². The van der Waals surface area contributed by atoms with E-state index in [1.807, 2.05) is 0 Å². The summed E-state index contributed by atoms with van der Waals surface area (Å²) in [5.41, 5.74) is 0. The van der Waals surface area contributed by atoms with Crippen LogP contribution >= 0.6 is 0 Å². The Morgan fingerprint density at radius 1 is 1.09 bits per heavy atom. The molecule has 0 saturated heterocycles. The second-order valence-electron chi connectivity index (χ2n) is 2.99. The summed E-state index contributed by atoms with van der Waals surface area (Å²) in [6.45, 7) is 11.1. The van der Waals surface area contributed by atoms with Crippen molar-refractivity contribution >= 4 is 0 Å². The molecule has 0 aliphatic carbocycles. The minimum absolute atomic E-state index is 0.671. The van der Waals surface area contributed by atoms with Crippen molar-refractivity contribution in [2.75, 3.05) is 20.1 Å². The van der Waals surface area contributed by atoms with E-state index < -0.39 is 0 Å². The van der Waals surface area contributed by atoms with Crippen molar-refractivity contribution in [3.8, 4) is 0 Å². The molecule has 0 N–H and O–H groups in total. The van der Waals surface area contributed by atoms with Crippen molar-refractivity contribution in [3.05, 3.63) is 0 Å². The normalized spacial score (nSPS) is 14.5. The van der Waals surface area contributed by atoms with Crippen LogP contribution in [0.3, 0.4) is 0 Å². The fourth-order valence-corrected chi connectivity index (χ4v) is 1.28. The lowest BCUT2D eigenvalue weighted by Gasteiger charge is -2.34. The van der Waals surface area contributed by atoms with E-state index in [0.717, 1.165) is 13.1 Å². The predicted molar refractivity (Wildman–Crippen MR) is 50.4 cm³/mol. The van der Waals surface area contributed by atoms with Gasteiger partial charge >= 0.3 is 0 Å². The Hall–Kier alpha value is -0.0800. The zero-order chi connectivity index (χ0) is 8.85. The number of rotatable bonds is 5. The fourth-order valence-electron chi connectivity index (χ4n) is 1.28. The first-order valence-corrected chi connectivity index (χ1v) is 4.64. The molecule has 0 aromatic rings. The summed E-state index contributed by atoms with van der Waals surface area (Å²) in [6, 6.07) is 0.671. The Labute approximate surface area is 71.1 Å². The summed E-state index contributed by atoms with van der Waals surface area (Å²) in [7, 11) is 2.15. The highest BCUT2D eigenvalue weighted by molar-refractivity contribution is 4.59. The molecule has 0 aromatic carbocycles. The average molecular weight is 158 g/mol. The summed E-state index contributed by atoms with van der Waals surface area (Å²) >= 11 is 0. The Kier molecular flexibility index (Phi) is 5.51. The standard InChI is InChI=1S/C9H22N2/c1-6-9(4)11(8-3)10(5)7-2/h9H,6-8H2,1-5H3. The zero-order valence-electron chi connectivity index (χ0n) is 8.59. The van der Waals surface area contributed by atoms with Gasteiger partial charge < -0.3 is 0 Å². The Morgan fingerprint density at radius 2 is 1.64 bits per heavy atom. The van der Waals surface area contributed by atoms with Crippen LogP contribution in [0.25, 0.3) is 0 Å². The summed E-state index contributed by atoms with van der Waals surface area (Å²) in [5.74, 6) is 0. The van der Waals surface area contributed by atoms with Crippen molar-refractivity contribution in [2.24, 2.45) is 0 Å². The third-order valence-corrected chi connectivity index (χ3v) is 2.32. The summed E-state index contributed by atoms with van der Waals surface area (Å²) in [6.07, 6.45) is 1.22. The highest BCUT2D eigenvalue weighted by Gasteiger charge is 2.12. The van der Waals surface area contributed by atoms with Gasteiger partial charge in [-0.25, -0.2) is 10.0 Å². The van der Waals surface area contributed by atoms with Gasteiger partial charge in [0.05, 0.1) is 0 Å². The van der Waals surface area contributed by atoms with Gasteiger partial charge in [0.1, 0.15) is 0 Å². The van der Waals surface area contributed by atoms with Gasteiger partial charge in [-0.05, 0) is 13.3 Å². The number of hydrazine groups is 1. The van der Waals surface area contributed by atoms with E-state index in [9.17, 15) is 0 Å². The smallest absolute Gasteiger partial charge is 0.0214 e. The molecule has 0 aromatic heterocycles. The van der Waals surface area contributed by atoms with Crippen molar-refractivity contribution < 1.29 is 0 Å². The summed E-state index contributed by atoms with van der Waals surface area (Å²) in [5, 5.41) is 4.69. The maximum absolute atomic E-state index is 2.40. The molecule has 0 spiro atoms. The first-order valence-electron chi connectivity index (χ1n) is 4.64. The molecule has 68 valence electrons. The first-order chi connectivity index (χ1) is 5.17. The second kappa shape index (κ2) is 5.56. The molecule has 0 heterocycles. The van der Waals surface area contributed by atoms with Crippen LogP contribution in [-0.2, 0) is 0 Å². The summed E-state index contributed by atoms with van der Waals surface area (Å²) in [4.78, 5) is 0. The Bertz CT molecular complexity index is 83.6. The van der Waals surface area contributed by atoms with Gasteiger partial charge in [0, 0.05) is 26.2 Å². The van der Waals surface area contributed by atoms with Crippen LogP contribution in [0.2, 0.25) is 0 Å². The summed E-state index contributed by atoms with van der Waals surface area (Å²) < 4.78 is 0. The Balaban J connectivity index is 3.92. The maximum Gasteiger partial charge on any atom is 0.0214 e. The molecule has 1 atom stereocenters. The van der Waals surface area contributed by atoms with Crippen LogP contribution in [0.4, 0.5) is 0 Å².